The zero-order valence-corrected chi connectivity index (χ0v) is 19.5. The number of alkyl halides is 1. The van der Waals surface area contributed by atoms with Gasteiger partial charge in [0.1, 0.15) is 11.4 Å². The van der Waals surface area contributed by atoms with E-state index in [1.807, 2.05) is 18.2 Å². The largest absolute Gasteiger partial charge is 0.496 e. The van der Waals surface area contributed by atoms with Crippen molar-refractivity contribution in [3.8, 4) is 5.75 Å². The maximum atomic E-state index is 14.9. The number of anilines is 1. The first-order valence-electron chi connectivity index (χ1n) is 10.4. The Kier molecular flexibility index (Phi) is 5.66. The minimum absolute atomic E-state index is 0.0808. The van der Waals surface area contributed by atoms with E-state index in [9.17, 15) is 9.18 Å². The van der Waals surface area contributed by atoms with Gasteiger partial charge in [0.25, 0.3) is 0 Å². The number of hydrogen-bond acceptors (Lipinski definition) is 3. The lowest BCUT2D eigenvalue weighted by Gasteiger charge is -2.44. The van der Waals surface area contributed by atoms with Gasteiger partial charge in [-0.05, 0) is 68.0 Å². The number of fused-ring (bicyclic) bond motifs is 1. The number of halogens is 2. The third-order valence-corrected chi connectivity index (χ3v) is 6.88. The molecule has 0 unspecified atom stereocenters. The second-order valence-corrected chi connectivity index (χ2v) is 9.57. The molecular weight excluding hydrogens is 447 g/mol. The predicted molar refractivity (Wildman–Crippen MR) is 121 cm³/mol. The number of rotatable bonds is 5. The van der Waals surface area contributed by atoms with Crippen LogP contribution in [0.2, 0.25) is 0 Å². The van der Waals surface area contributed by atoms with Crippen molar-refractivity contribution in [2.24, 2.45) is 0 Å². The fraction of sp³-hybridized carbons (Fsp3) is 0.458. The summed E-state index contributed by atoms with van der Waals surface area (Å²) in [5.74, 6) is 0.703. The van der Waals surface area contributed by atoms with Gasteiger partial charge in [-0.2, -0.15) is 0 Å². The number of hydrogen-bond donors (Lipinski definition) is 1. The molecule has 0 aromatic heterocycles. The molecule has 2 aliphatic rings. The Morgan fingerprint density at radius 2 is 2.00 bits per heavy atom. The van der Waals surface area contributed by atoms with Crippen molar-refractivity contribution >= 4 is 27.5 Å². The molecule has 6 heteroatoms. The van der Waals surface area contributed by atoms with Crippen molar-refractivity contribution in [1.29, 1.82) is 0 Å². The molecule has 1 saturated carbocycles. The summed E-state index contributed by atoms with van der Waals surface area (Å²) in [5, 5.41) is 2.94. The third-order valence-electron chi connectivity index (χ3n) is 6.39. The molecule has 0 saturated heterocycles. The SMILES string of the molecule is COc1cc(Br)ccc1[C@@H]1c2ccc(NC(C)=O)c(C)c2C[C@@H](C)N1CC1(F)CC1. The van der Waals surface area contributed by atoms with E-state index >= 15 is 0 Å². The highest BCUT2D eigenvalue weighted by molar-refractivity contribution is 9.10. The van der Waals surface area contributed by atoms with Crippen LogP contribution in [0.1, 0.15) is 55.0 Å². The van der Waals surface area contributed by atoms with Crippen LogP contribution in [0.5, 0.6) is 5.75 Å². The minimum atomic E-state index is -1.09. The van der Waals surface area contributed by atoms with Gasteiger partial charge in [0, 0.05) is 35.2 Å². The van der Waals surface area contributed by atoms with E-state index in [1.165, 1.54) is 12.5 Å². The van der Waals surface area contributed by atoms with Gasteiger partial charge in [-0.3, -0.25) is 9.69 Å². The molecule has 2 atom stereocenters. The van der Waals surface area contributed by atoms with Gasteiger partial charge in [-0.15, -0.1) is 0 Å². The van der Waals surface area contributed by atoms with Crippen LogP contribution in [0.15, 0.2) is 34.8 Å². The Morgan fingerprint density at radius 3 is 2.63 bits per heavy atom. The number of nitrogens with zero attached hydrogens (tertiary/aromatic N) is 1. The summed E-state index contributed by atoms with van der Waals surface area (Å²) >= 11 is 3.53. The minimum Gasteiger partial charge on any atom is -0.496 e. The van der Waals surface area contributed by atoms with E-state index in [2.05, 4.69) is 52.1 Å². The topological polar surface area (TPSA) is 41.6 Å². The highest BCUT2D eigenvalue weighted by Gasteiger charge is 2.48. The lowest BCUT2D eigenvalue weighted by Crippen LogP contribution is -2.46. The molecule has 1 amide bonds. The van der Waals surface area contributed by atoms with Crippen LogP contribution in [0, 0.1) is 6.92 Å². The molecule has 1 N–H and O–H groups in total. The van der Waals surface area contributed by atoms with Crippen molar-refractivity contribution in [3.63, 3.8) is 0 Å². The van der Waals surface area contributed by atoms with Crippen molar-refractivity contribution in [2.45, 2.75) is 57.8 Å². The van der Waals surface area contributed by atoms with Gasteiger partial charge in [0.2, 0.25) is 5.91 Å². The summed E-state index contributed by atoms with van der Waals surface area (Å²) in [7, 11) is 1.67. The number of methoxy groups -OCH3 is 1. The highest BCUT2D eigenvalue weighted by atomic mass is 79.9. The normalized spacial score (nSPS) is 22.3. The van der Waals surface area contributed by atoms with E-state index in [0.717, 1.165) is 39.0 Å². The average Bonchev–Trinajstić information content (AvgIpc) is 3.42. The molecule has 30 heavy (non-hydrogen) atoms. The molecule has 2 aromatic rings. The van der Waals surface area contributed by atoms with Gasteiger partial charge in [-0.1, -0.05) is 28.1 Å². The Balaban J connectivity index is 1.87. The molecule has 0 radical (unpaired) electrons. The Hall–Kier alpha value is -1.92. The molecule has 2 aromatic carbocycles. The Bertz CT molecular complexity index is 989. The summed E-state index contributed by atoms with van der Waals surface area (Å²) in [5.41, 5.74) is 4.25. The van der Waals surface area contributed by atoms with Gasteiger partial charge in [0.15, 0.2) is 0 Å². The van der Waals surface area contributed by atoms with Crippen molar-refractivity contribution in [2.75, 3.05) is 19.0 Å². The van der Waals surface area contributed by atoms with Crippen LogP contribution in [0.25, 0.3) is 0 Å². The van der Waals surface area contributed by atoms with Gasteiger partial charge < -0.3 is 10.1 Å². The highest BCUT2D eigenvalue weighted by Crippen LogP contribution is 2.48. The summed E-state index contributed by atoms with van der Waals surface area (Å²) in [6, 6.07) is 10.1. The number of ether oxygens (including phenoxy) is 1. The zero-order valence-electron chi connectivity index (χ0n) is 17.9. The molecular formula is C24H28BrFN2O2. The van der Waals surface area contributed by atoms with E-state index in [4.69, 9.17) is 4.74 Å². The summed E-state index contributed by atoms with van der Waals surface area (Å²) < 4.78 is 21.6. The quantitative estimate of drug-likeness (QED) is 0.616. The molecule has 0 bridgehead atoms. The predicted octanol–water partition coefficient (Wildman–Crippen LogP) is 5.56. The van der Waals surface area contributed by atoms with Crippen molar-refractivity contribution in [1.82, 2.24) is 4.90 Å². The average molecular weight is 475 g/mol. The lowest BCUT2D eigenvalue weighted by molar-refractivity contribution is -0.114. The first kappa shape index (κ1) is 21.3. The van der Waals surface area contributed by atoms with Crippen LogP contribution >= 0.6 is 15.9 Å². The van der Waals surface area contributed by atoms with Crippen molar-refractivity contribution < 1.29 is 13.9 Å². The van der Waals surface area contributed by atoms with Crippen molar-refractivity contribution in [3.05, 3.63) is 57.1 Å². The van der Waals surface area contributed by atoms with Crippen LogP contribution < -0.4 is 10.1 Å². The summed E-state index contributed by atoms with van der Waals surface area (Å²) in [6.45, 7) is 6.16. The summed E-state index contributed by atoms with van der Waals surface area (Å²) in [4.78, 5) is 13.9. The standard InChI is InChI=1S/C24H28BrFN2O2/c1-14-11-20-15(2)21(27-16(3)29)8-7-18(20)23(28(14)13-24(26)9-10-24)19-6-5-17(25)12-22(19)30-4/h5-8,12,14,23H,9-11,13H2,1-4H3,(H,27,29)/t14-,23+/m1/s1. The third kappa shape index (κ3) is 4.00. The number of carbonyl (C=O) groups is 1. The van der Waals surface area contributed by atoms with Crippen LogP contribution in [0.3, 0.4) is 0 Å². The molecule has 4 rings (SSSR count). The van der Waals surface area contributed by atoms with E-state index < -0.39 is 5.67 Å². The first-order valence-corrected chi connectivity index (χ1v) is 11.2. The van der Waals surface area contributed by atoms with Gasteiger partial charge in [0.05, 0.1) is 13.2 Å². The van der Waals surface area contributed by atoms with Gasteiger partial charge >= 0.3 is 0 Å². The number of benzene rings is 2. The zero-order chi connectivity index (χ0) is 21.6. The fourth-order valence-electron chi connectivity index (χ4n) is 4.60. The Morgan fingerprint density at radius 1 is 1.30 bits per heavy atom. The lowest BCUT2D eigenvalue weighted by atomic mass is 9.82. The number of carbonyl (C=O) groups excluding carboxylic acids is 1. The molecule has 160 valence electrons. The van der Waals surface area contributed by atoms with E-state index in [1.54, 1.807) is 7.11 Å². The smallest absolute Gasteiger partial charge is 0.221 e. The van der Waals surface area contributed by atoms with Crippen LogP contribution in [-0.2, 0) is 11.2 Å². The molecule has 1 aliphatic carbocycles. The number of amides is 1. The fourth-order valence-corrected chi connectivity index (χ4v) is 4.94. The maximum Gasteiger partial charge on any atom is 0.221 e. The molecule has 1 heterocycles. The maximum absolute atomic E-state index is 14.9. The van der Waals surface area contributed by atoms with Crippen LogP contribution in [-0.4, -0.2) is 36.2 Å². The monoisotopic (exact) mass is 474 g/mol. The second kappa shape index (κ2) is 7.97. The Labute approximate surface area is 185 Å². The molecule has 4 nitrogen and oxygen atoms in total. The first-order chi connectivity index (χ1) is 14.2. The van der Waals surface area contributed by atoms with E-state index in [0.29, 0.717) is 19.4 Å². The number of nitrogens with one attached hydrogen (secondary N) is 1. The van der Waals surface area contributed by atoms with Crippen LogP contribution in [0.4, 0.5) is 10.1 Å². The summed E-state index contributed by atoms with van der Waals surface area (Å²) in [6.07, 6.45) is 2.08. The van der Waals surface area contributed by atoms with E-state index in [-0.39, 0.29) is 18.0 Å². The van der Waals surface area contributed by atoms with Gasteiger partial charge in [-0.25, -0.2) is 4.39 Å². The molecule has 0 spiro atoms. The molecule has 1 fully saturated rings. The molecule has 1 aliphatic heterocycles. The second-order valence-electron chi connectivity index (χ2n) is 8.65.